The molecule has 0 aromatic rings. The topological polar surface area (TPSA) is 185 Å². The summed E-state index contributed by atoms with van der Waals surface area (Å²) in [6, 6.07) is 0. The minimum atomic E-state index is -1.62. The van der Waals surface area contributed by atoms with Gasteiger partial charge in [-0.15, -0.1) is 0 Å². The second kappa shape index (κ2) is 14.0. The molecule has 12 heteroatoms. The maximum absolute atomic E-state index is 13.6. The van der Waals surface area contributed by atoms with Crippen LogP contribution in [0.15, 0.2) is 11.6 Å². The van der Waals surface area contributed by atoms with Gasteiger partial charge in [0.15, 0.2) is 12.6 Å². The minimum Gasteiger partial charge on any atom is -0.469 e. The summed E-state index contributed by atoms with van der Waals surface area (Å²) >= 11 is 0. The molecule has 2 aliphatic heterocycles. The molecule has 6 fully saturated rings. The zero-order valence-corrected chi connectivity index (χ0v) is 33.7. The van der Waals surface area contributed by atoms with Crippen LogP contribution in [-0.2, 0) is 28.5 Å². The molecule has 0 aromatic heterocycles. The fraction of sp³-hybridized carbons (Fsp3) is 0.929. The van der Waals surface area contributed by atoms with Crippen molar-refractivity contribution >= 4 is 5.97 Å². The van der Waals surface area contributed by atoms with E-state index >= 15 is 0 Å². The van der Waals surface area contributed by atoms with Gasteiger partial charge in [-0.25, -0.2) is 0 Å². The number of rotatable bonds is 6. The Morgan fingerprint density at radius 3 is 2.22 bits per heavy atom. The number of carbonyl (C=O) groups is 1. The zero-order valence-electron chi connectivity index (χ0n) is 33.7. The van der Waals surface area contributed by atoms with Crippen molar-refractivity contribution in [2.45, 2.75) is 174 Å². The summed E-state index contributed by atoms with van der Waals surface area (Å²) in [6.45, 7) is 15.4. The third-order valence-corrected chi connectivity index (χ3v) is 17.1. The lowest BCUT2D eigenvalue weighted by molar-refractivity contribution is -0.365. The van der Waals surface area contributed by atoms with Gasteiger partial charge in [-0.05, 0) is 111 Å². The van der Waals surface area contributed by atoms with Crippen LogP contribution in [0.4, 0.5) is 0 Å². The fourth-order valence-electron chi connectivity index (χ4n) is 13.5. The summed E-state index contributed by atoms with van der Waals surface area (Å²) in [4.78, 5) is 13.6. The molecule has 6 N–H and O–H groups in total. The Bertz CT molecular complexity index is 1450. The minimum absolute atomic E-state index is 0.0158. The molecule has 2 saturated heterocycles. The van der Waals surface area contributed by atoms with Gasteiger partial charge in [0.25, 0.3) is 0 Å². The molecule has 54 heavy (non-hydrogen) atoms. The van der Waals surface area contributed by atoms with Crippen LogP contribution >= 0.6 is 0 Å². The number of ether oxygens (including phenoxy) is 5. The lowest BCUT2D eigenvalue weighted by Crippen LogP contribution is -2.67. The Balaban J connectivity index is 1.15. The summed E-state index contributed by atoms with van der Waals surface area (Å²) in [5, 5.41) is 64.3. The number of aliphatic hydroxyl groups excluding tert-OH is 6. The third kappa shape index (κ3) is 5.93. The van der Waals surface area contributed by atoms with E-state index in [1.807, 2.05) is 0 Å². The maximum Gasteiger partial charge on any atom is 0.312 e. The number of hydrogen-bond donors (Lipinski definition) is 6. The van der Waals surface area contributed by atoms with E-state index in [-0.39, 0.29) is 52.7 Å². The molecule has 2 heterocycles. The molecule has 7 rings (SSSR count). The molecule has 0 radical (unpaired) electrons. The first-order valence-electron chi connectivity index (χ1n) is 20.6. The smallest absolute Gasteiger partial charge is 0.312 e. The van der Waals surface area contributed by atoms with E-state index in [0.717, 1.165) is 57.8 Å². The molecule has 0 amide bonds. The Morgan fingerprint density at radius 1 is 0.833 bits per heavy atom. The summed E-state index contributed by atoms with van der Waals surface area (Å²) in [5.41, 5.74) is 0.270. The Morgan fingerprint density at radius 2 is 1.54 bits per heavy atom. The largest absolute Gasteiger partial charge is 0.469 e. The van der Waals surface area contributed by atoms with Crippen LogP contribution in [0.2, 0.25) is 0 Å². The maximum atomic E-state index is 13.6. The molecule has 4 saturated carbocycles. The SMILES string of the molecule is COC(=O)[C@]12CCC(C)(C)C[C@H]1C1=CC[C@@H]3[C@@]4(C)CC[C@H](O[C@@H]5OC[C@H](O)[C@H](O)[C@H]5O[C@@H]5O[C@@H](C)[C@H](O)[C@@H](O)[C@H]5O)[C@@](C)(CO)[C@@H]4CC[C@@]3(C)[C@]1(C)CC2. The van der Waals surface area contributed by atoms with Gasteiger partial charge in [0.1, 0.15) is 36.6 Å². The monoisotopic (exact) mass is 764 g/mol. The number of allylic oxidation sites excluding steroid dienone is 2. The highest BCUT2D eigenvalue weighted by molar-refractivity contribution is 5.78. The van der Waals surface area contributed by atoms with E-state index in [1.165, 1.54) is 12.5 Å². The Kier molecular flexibility index (Phi) is 10.6. The van der Waals surface area contributed by atoms with Gasteiger partial charge in [-0.1, -0.05) is 53.2 Å². The number of methoxy groups -OCH3 is 1. The Labute approximate surface area is 320 Å². The summed E-state index contributed by atoms with van der Waals surface area (Å²) in [6.07, 6.45) is -0.972. The third-order valence-electron chi connectivity index (χ3n) is 17.1. The number of aliphatic hydroxyl groups is 6. The number of hydrogen-bond acceptors (Lipinski definition) is 12. The van der Waals surface area contributed by atoms with Crippen molar-refractivity contribution in [3.05, 3.63) is 11.6 Å². The quantitative estimate of drug-likeness (QED) is 0.132. The number of carbonyl (C=O) groups excluding carboxylic acids is 1. The van der Waals surface area contributed by atoms with E-state index in [1.54, 1.807) is 7.11 Å². The number of esters is 1. The first-order chi connectivity index (χ1) is 25.2. The molecule has 0 bridgehead atoms. The molecule has 18 atom stereocenters. The van der Waals surface area contributed by atoms with Gasteiger partial charge >= 0.3 is 5.97 Å². The van der Waals surface area contributed by atoms with Crippen molar-refractivity contribution in [3.8, 4) is 0 Å². The van der Waals surface area contributed by atoms with Crippen molar-refractivity contribution in [1.82, 2.24) is 0 Å². The standard InChI is InChI=1S/C42H68O12/c1-22-29(45)31(47)32(48)34(52-22)54-33-30(46)25(44)20-51-35(33)53-28-12-13-38(4)26(39(28,5)21-43)11-14-41(7)27(38)10-9-23-24-19-37(2,3)15-17-42(24,36(49)50-8)18-16-40(23,41)6/h9,22,24-35,43-48H,10-21H2,1-8H3/t22-,24-,25-,26+,27+,28-,29-,30-,31+,32+,33+,34-,35-,38-,39-,40+,41+,42-/m0/s1. The van der Waals surface area contributed by atoms with Crippen LogP contribution in [0.1, 0.15) is 113 Å². The van der Waals surface area contributed by atoms with E-state index in [0.29, 0.717) is 12.3 Å². The average Bonchev–Trinajstić information content (AvgIpc) is 3.13. The predicted octanol–water partition coefficient (Wildman–Crippen LogP) is 3.61. The summed E-state index contributed by atoms with van der Waals surface area (Å²) < 4.78 is 29.9. The average molecular weight is 765 g/mol. The molecule has 0 unspecified atom stereocenters. The van der Waals surface area contributed by atoms with Crippen molar-refractivity contribution in [3.63, 3.8) is 0 Å². The molecule has 0 spiro atoms. The van der Waals surface area contributed by atoms with E-state index in [9.17, 15) is 35.4 Å². The molecular formula is C42H68O12. The zero-order chi connectivity index (χ0) is 39.4. The van der Waals surface area contributed by atoms with Crippen LogP contribution in [0.25, 0.3) is 0 Å². The van der Waals surface area contributed by atoms with Gasteiger partial charge < -0.3 is 54.3 Å². The molecule has 5 aliphatic carbocycles. The fourth-order valence-corrected chi connectivity index (χ4v) is 13.5. The molecule has 0 aromatic carbocycles. The lowest BCUT2D eigenvalue weighted by Gasteiger charge is -2.71. The van der Waals surface area contributed by atoms with Crippen LogP contribution in [0.3, 0.4) is 0 Å². The van der Waals surface area contributed by atoms with E-state index < -0.39 is 72.2 Å². The van der Waals surface area contributed by atoms with Crippen molar-refractivity contribution < 1.29 is 59.1 Å². The first-order valence-corrected chi connectivity index (χ1v) is 20.6. The Hall–Kier alpha value is -1.19. The highest BCUT2D eigenvalue weighted by Gasteiger charge is 2.70. The molecule has 308 valence electrons. The first kappa shape index (κ1) is 41.0. The highest BCUT2D eigenvalue weighted by atomic mass is 16.8. The van der Waals surface area contributed by atoms with Gasteiger partial charge in [0.2, 0.25) is 0 Å². The van der Waals surface area contributed by atoms with Crippen LogP contribution < -0.4 is 0 Å². The van der Waals surface area contributed by atoms with E-state index in [2.05, 4.69) is 47.6 Å². The van der Waals surface area contributed by atoms with Crippen LogP contribution in [0, 0.1) is 50.2 Å². The summed E-state index contributed by atoms with van der Waals surface area (Å²) in [5.74, 6) is 0.574. The summed E-state index contributed by atoms with van der Waals surface area (Å²) in [7, 11) is 1.54. The van der Waals surface area contributed by atoms with E-state index in [4.69, 9.17) is 23.7 Å². The van der Waals surface area contributed by atoms with Gasteiger partial charge in [0, 0.05) is 5.41 Å². The van der Waals surface area contributed by atoms with Crippen molar-refractivity contribution in [2.24, 2.45) is 50.2 Å². The molecular weight excluding hydrogens is 696 g/mol. The van der Waals surface area contributed by atoms with Crippen LogP contribution in [-0.4, -0.2) is 118 Å². The van der Waals surface area contributed by atoms with Gasteiger partial charge in [-0.2, -0.15) is 0 Å². The molecule has 7 aliphatic rings. The van der Waals surface area contributed by atoms with Gasteiger partial charge in [-0.3, -0.25) is 4.79 Å². The highest BCUT2D eigenvalue weighted by Crippen LogP contribution is 2.76. The van der Waals surface area contributed by atoms with Crippen molar-refractivity contribution in [1.29, 1.82) is 0 Å². The van der Waals surface area contributed by atoms with Crippen molar-refractivity contribution in [2.75, 3.05) is 20.3 Å². The van der Waals surface area contributed by atoms with Gasteiger partial charge in [0.05, 0.1) is 37.9 Å². The lowest BCUT2D eigenvalue weighted by atomic mass is 9.33. The second-order valence-corrected chi connectivity index (χ2v) is 20.2. The van der Waals surface area contributed by atoms with Crippen LogP contribution in [0.5, 0.6) is 0 Å². The predicted molar refractivity (Wildman–Crippen MR) is 196 cm³/mol. The normalized spacial score (nSPS) is 54.3. The second-order valence-electron chi connectivity index (χ2n) is 20.2. The molecule has 12 nitrogen and oxygen atoms in total. The number of fused-ring (bicyclic) bond motifs is 7.